The molecular formula is C23H25N3O3. The number of hydrogen-bond acceptors (Lipinski definition) is 3. The number of amides is 2. The number of aryl methyl sites for hydroxylation is 3. The molecule has 0 fully saturated rings. The molecule has 3 aromatic rings. The van der Waals surface area contributed by atoms with E-state index >= 15 is 0 Å². The summed E-state index contributed by atoms with van der Waals surface area (Å²) in [6, 6.07) is 18.2. The first-order valence-corrected chi connectivity index (χ1v) is 9.44. The lowest BCUT2D eigenvalue weighted by atomic mass is 10.2. The molecule has 2 amide bonds. The fraction of sp³-hybridized carbons (Fsp3) is 0.217. The van der Waals surface area contributed by atoms with E-state index in [1.54, 1.807) is 35.9 Å². The van der Waals surface area contributed by atoms with Gasteiger partial charge in [-0.05, 0) is 81.8 Å². The van der Waals surface area contributed by atoms with Crippen molar-refractivity contribution in [2.75, 3.05) is 10.7 Å². The number of carbonyl (C=O) groups is 2. The monoisotopic (exact) mass is 391 g/mol. The highest BCUT2D eigenvalue weighted by molar-refractivity contribution is 6.00. The molecule has 0 aliphatic carbocycles. The first-order valence-electron chi connectivity index (χ1n) is 9.44. The Bertz CT molecular complexity index is 1000. The zero-order valence-corrected chi connectivity index (χ0v) is 17.0. The fourth-order valence-corrected chi connectivity index (χ4v) is 2.92. The van der Waals surface area contributed by atoms with Gasteiger partial charge in [0.1, 0.15) is 5.75 Å². The molecule has 0 saturated carbocycles. The number of anilines is 1. The molecule has 0 bridgehead atoms. The van der Waals surface area contributed by atoms with E-state index in [4.69, 9.17) is 4.74 Å². The summed E-state index contributed by atoms with van der Waals surface area (Å²) in [7, 11) is 0. The maximum atomic E-state index is 12.5. The van der Waals surface area contributed by atoms with Crippen LogP contribution in [0, 0.1) is 20.8 Å². The number of benzene rings is 2. The van der Waals surface area contributed by atoms with Crippen LogP contribution < -0.4 is 15.5 Å². The molecular weight excluding hydrogens is 366 g/mol. The molecule has 2 aromatic carbocycles. The molecule has 6 nitrogen and oxygen atoms in total. The number of hydrogen-bond donors (Lipinski definition) is 2. The quantitative estimate of drug-likeness (QED) is 0.661. The second-order valence-electron chi connectivity index (χ2n) is 7.04. The molecule has 1 heterocycles. The zero-order valence-electron chi connectivity index (χ0n) is 17.0. The highest BCUT2D eigenvalue weighted by atomic mass is 16.5. The van der Waals surface area contributed by atoms with Crippen molar-refractivity contribution >= 4 is 17.5 Å². The SMILES string of the molecule is Cc1cccc(NC(=O)C(C)Oc2ccc(C(=O)Nn3c(C)ccc3C)cc2)c1. The Morgan fingerprint density at radius 2 is 1.59 bits per heavy atom. The molecule has 6 heteroatoms. The van der Waals surface area contributed by atoms with Gasteiger partial charge in [-0.25, -0.2) is 0 Å². The van der Waals surface area contributed by atoms with Crippen molar-refractivity contribution in [3.05, 3.63) is 83.2 Å². The molecule has 0 spiro atoms. The van der Waals surface area contributed by atoms with Crippen LogP contribution >= 0.6 is 0 Å². The van der Waals surface area contributed by atoms with Crippen LogP contribution in [0.25, 0.3) is 0 Å². The van der Waals surface area contributed by atoms with E-state index in [0.717, 1.165) is 22.6 Å². The zero-order chi connectivity index (χ0) is 21.0. The Morgan fingerprint density at radius 1 is 0.931 bits per heavy atom. The van der Waals surface area contributed by atoms with E-state index in [1.165, 1.54) is 0 Å². The molecule has 150 valence electrons. The van der Waals surface area contributed by atoms with Crippen molar-refractivity contribution in [1.82, 2.24) is 4.68 Å². The summed E-state index contributed by atoms with van der Waals surface area (Å²) in [6.45, 7) is 7.50. The normalized spacial score (nSPS) is 11.6. The maximum Gasteiger partial charge on any atom is 0.270 e. The third kappa shape index (κ3) is 5.04. The Kier molecular flexibility index (Phi) is 6.02. The van der Waals surface area contributed by atoms with E-state index < -0.39 is 6.10 Å². The van der Waals surface area contributed by atoms with Crippen LogP contribution in [-0.4, -0.2) is 22.6 Å². The summed E-state index contributed by atoms with van der Waals surface area (Å²) >= 11 is 0. The maximum absolute atomic E-state index is 12.5. The van der Waals surface area contributed by atoms with Gasteiger partial charge in [0.15, 0.2) is 6.10 Å². The summed E-state index contributed by atoms with van der Waals surface area (Å²) in [5, 5.41) is 2.84. The van der Waals surface area contributed by atoms with E-state index in [9.17, 15) is 9.59 Å². The lowest BCUT2D eigenvalue weighted by Crippen LogP contribution is -2.30. The number of nitrogens with one attached hydrogen (secondary N) is 2. The van der Waals surface area contributed by atoms with E-state index in [-0.39, 0.29) is 11.8 Å². The number of rotatable bonds is 6. The van der Waals surface area contributed by atoms with Crippen molar-refractivity contribution in [2.45, 2.75) is 33.8 Å². The summed E-state index contributed by atoms with van der Waals surface area (Å²) in [5.74, 6) is 0.0573. The first-order chi connectivity index (χ1) is 13.8. The molecule has 0 saturated heterocycles. The van der Waals surface area contributed by atoms with Gasteiger partial charge in [-0.1, -0.05) is 12.1 Å². The van der Waals surface area contributed by atoms with Crippen LogP contribution in [0.4, 0.5) is 5.69 Å². The van der Waals surface area contributed by atoms with Gasteiger partial charge in [0.05, 0.1) is 0 Å². The molecule has 29 heavy (non-hydrogen) atoms. The van der Waals surface area contributed by atoms with Gasteiger partial charge in [-0.2, -0.15) is 0 Å². The van der Waals surface area contributed by atoms with Gasteiger partial charge in [0.2, 0.25) is 0 Å². The van der Waals surface area contributed by atoms with Crippen molar-refractivity contribution < 1.29 is 14.3 Å². The molecule has 0 radical (unpaired) electrons. The standard InChI is InChI=1S/C23H25N3O3/c1-15-6-5-7-20(14-15)24-22(27)18(4)29-21-12-10-19(11-13-21)23(28)25-26-16(2)8-9-17(26)3/h5-14,18H,1-4H3,(H,24,27)(H,25,28). The molecule has 1 atom stereocenters. The van der Waals surface area contributed by atoms with E-state index in [2.05, 4.69) is 10.7 Å². The molecule has 0 aliphatic heterocycles. The molecule has 1 aromatic heterocycles. The summed E-state index contributed by atoms with van der Waals surface area (Å²) in [6.07, 6.45) is -0.680. The van der Waals surface area contributed by atoms with Gasteiger partial charge < -0.3 is 10.1 Å². The Labute approximate surface area is 170 Å². The van der Waals surface area contributed by atoms with Crippen molar-refractivity contribution in [3.8, 4) is 5.75 Å². The third-order valence-electron chi connectivity index (χ3n) is 4.57. The summed E-state index contributed by atoms with van der Waals surface area (Å²) < 4.78 is 7.45. The Morgan fingerprint density at radius 3 is 2.21 bits per heavy atom. The highest BCUT2D eigenvalue weighted by Crippen LogP contribution is 2.16. The third-order valence-corrected chi connectivity index (χ3v) is 4.57. The van der Waals surface area contributed by atoms with Gasteiger partial charge >= 0.3 is 0 Å². The van der Waals surface area contributed by atoms with Crippen LogP contribution in [0.15, 0.2) is 60.7 Å². The van der Waals surface area contributed by atoms with Crippen LogP contribution in [0.1, 0.15) is 34.2 Å². The molecule has 1 unspecified atom stereocenters. The van der Waals surface area contributed by atoms with Crippen LogP contribution in [0.3, 0.4) is 0 Å². The second-order valence-corrected chi connectivity index (χ2v) is 7.04. The van der Waals surface area contributed by atoms with Crippen molar-refractivity contribution in [1.29, 1.82) is 0 Å². The Balaban J connectivity index is 1.59. The predicted molar refractivity (Wildman–Crippen MR) is 114 cm³/mol. The largest absolute Gasteiger partial charge is 0.481 e. The van der Waals surface area contributed by atoms with Gasteiger partial charge in [0, 0.05) is 22.6 Å². The average Bonchev–Trinajstić information content (AvgIpc) is 3.00. The molecule has 0 aliphatic rings. The van der Waals surface area contributed by atoms with Gasteiger partial charge in [0.25, 0.3) is 11.8 Å². The van der Waals surface area contributed by atoms with E-state index in [1.807, 2.05) is 57.2 Å². The van der Waals surface area contributed by atoms with Gasteiger partial charge in [-0.15, -0.1) is 0 Å². The highest BCUT2D eigenvalue weighted by Gasteiger charge is 2.15. The Hall–Kier alpha value is -3.54. The lowest BCUT2D eigenvalue weighted by Gasteiger charge is -2.15. The number of ether oxygens (including phenoxy) is 1. The van der Waals surface area contributed by atoms with Crippen molar-refractivity contribution in [3.63, 3.8) is 0 Å². The predicted octanol–water partition coefficient (Wildman–Crippen LogP) is 4.20. The number of carbonyl (C=O) groups excluding carboxylic acids is 2. The lowest BCUT2D eigenvalue weighted by molar-refractivity contribution is -0.122. The summed E-state index contributed by atoms with van der Waals surface area (Å²) in [4.78, 5) is 24.8. The van der Waals surface area contributed by atoms with Crippen LogP contribution in [0.5, 0.6) is 5.75 Å². The first kappa shape index (κ1) is 20.2. The summed E-state index contributed by atoms with van der Waals surface area (Å²) in [5.41, 5.74) is 7.05. The van der Waals surface area contributed by atoms with Gasteiger partial charge in [-0.3, -0.25) is 19.7 Å². The number of aromatic nitrogens is 1. The van der Waals surface area contributed by atoms with E-state index in [0.29, 0.717) is 11.3 Å². The number of nitrogens with zero attached hydrogens (tertiary/aromatic N) is 1. The smallest absolute Gasteiger partial charge is 0.270 e. The van der Waals surface area contributed by atoms with Crippen LogP contribution in [0.2, 0.25) is 0 Å². The minimum atomic E-state index is -0.680. The molecule has 2 N–H and O–H groups in total. The molecule has 3 rings (SSSR count). The minimum absolute atomic E-state index is 0.218. The topological polar surface area (TPSA) is 72.4 Å². The second kappa shape index (κ2) is 8.65. The minimum Gasteiger partial charge on any atom is -0.481 e. The van der Waals surface area contributed by atoms with Crippen LogP contribution in [-0.2, 0) is 4.79 Å². The fourth-order valence-electron chi connectivity index (χ4n) is 2.92. The average molecular weight is 391 g/mol. The van der Waals surface area contributed by atoms with Crippen molar-refractivity contribution in [2.24, 2.45) is 0 Å².